The average Bonchev–Trinajstić information content (AvgIpc) is 2.36. The summed E-state index contributed by atoms with van der Waals surface area (Å²) < 4.78 is 5.60. The van der Waals surface area contributed by atoms with Gasteiger partial charge in [-0.25, -0.2) is 0 Å². The van der Waals surface area contributed by atoms with Crippen molar-refractivity contribution in [3.05, 3.63) is 35.4 Å². The summed E-state index contributed by atoms with van der Waals surface area (Å²) in [5.41, 5.74) is 2.79. The number of rotatable bonds is 6. The molecule has 19 heavy (non-hydrogen) atoms. The minimum Gasteiger partial charge on any atom is -0.378 e. The van der Waals surface area contributed by atoms with E-state index in [1.54, 1.807) is 0 Å². The van der Waals surface area contributed by atoms with Gasteiger partial charge >= 0.3 is 0 Å². The van der Waals surface area contributed by atoms with Gasteiger partial charge in [0, 0.05) is 18.7 Å². The maximum atomic E-state index is 5.60. The first kappa shape index (κ1) is 14.5. The minimum absolute atomic E-state index is 0.425. The van der Waals surface area contributed by atoms with Crippen molar-refractivity contribution in [1.82, 2.24) is 5.32 Å². The largest absolute Gasteiger partial charge is 0.378 e. The van der Waals surface area contributed by atoms with Gasteiger partial charge in [0.25, 0.3) is 0 Å². The fourth-order valence-electron chi connectivity index (χ4n) is 2.69. The summed E-state index contributed by atoms with van der Waals surface area (Å²) in [7, 11) is 0. The van der Waals surface area contributed by atoms with E-state index in [0.29, 0.717) is 24.1 Å². The van der Waals surface area contributed by atoms with E-state index >= 15 is 0 Å². The highest BCUT2D eigenvalue weighted by atomic mass is 16.5. The van der Waals surface area contributed by atoms with Crippen molar-refractivity contribution in [2.24, 2.45) is 0 Å². The van der Waals surface area contributed by atoms with Crippen molar-refractivity contribution in [2.75, 3.05) is 6.61 Å². The number of hydrogen-bond donors (Lipinski definition) is 1. The second-order valence-corrected chi connectivity index (χ2v) is 5.96. The van der Waals surface area contributed by atoms with Crippen LogP contribution in [0.1, 0.15) is 63.6 Å². The van der Waals surface area contributed by atoms with Crippen LogP contribution in [-0.2, 0) is 4.74 Å². The van der Waals surface area contributed by atoms with E-state index in [0.717, 1.165) is 19.4 Å². The first-order valence-electron chi connectivity index (χ1n) is 7.57. The second-order valence-electron chi connectivity index (χ2n) is 5.96. The van der Waals surface area contributed by atoms with Crippen molar-refractivity contribution in [2.45, 2.75) is 64.6 Å². The molecule has 0 radical (unpaired) electrons. The zero-order chi connectivity index (χ0) is 13.8. The number of ether oxygens (including phenoxy) is 1. The lowest BCUT2D eigenvalue weighted by molar-refractivity contribution is -0.0120. The minimum atomic E-state index is 0.425. The summed E-state index contributed by atoms with van der Waals surface area (Å²) >= 11 is 0. The lowest BCUT2D eigenvalue weighted by atomic mass is 9.88. The molecule has 1 unspecified atom stereocenters. The second kappa shape index (κ2) is 6.53. The third kappa shape index (κ3) is 3.80. The molecule has 1 atom stereocenters. The molecule has 0 aromatic heterocycles. The molecule has 106 valence electrons. The highest BCUT2D eigenvalue weighted by Gasteiger charge is 2.30. The van der Waals surface area contributed by atoms with Crippen LogP contribution in [0.3, 0.4) is 0 Å². The Kier molecular flexibility index (Phi) is 5.00. The van der Waals surface area contributed by atoms with Crippen LogP contribution in [0.4, 0.5) is 0 Å². The van der Waals surface area contributed by atoms with Gasteiger partial charge in [0.1, 0.15) is 0 Å². The SMILES string of the molecule is CCOC1CC(NC(C)c2ccc(C(C)C)cc2)C1. The smallest absolute Gasteiger partial charge is 0.0604 e. The van der Waals surface area contributed by atoms with E-state index in [9.17, 15) is 0 Å². The highest BCUT2D eigenvalue weighted by Crippen LogP contribution is 2.26. The van der Waals surface area contributed by atoms with Crippen LogP contribution in [0.5, 0.6) is 0 Å². The molecule has 1 saturated carbocycles. The lowest BCUT2D eigenvalue weighted by Gasteiger charge is -2.37. The monoisotopic (exact) mass is 261 g/mol. The first-order chi connectivity index (χ1) is 9.10. The van der Waals surface area contributed by atoms with Gasteiger partial charge in [-0.3, -0.25) is 0 Å². The van der Waals surface area contributed by atoms with Crippen LogP contribution in [0.2, 0.25) is 0 Å². The molecule has 0 bridgehead atoms. The molecular formula is C17H27NO. The number of hydrogen-bond acceptors (Lipinski definition) is 2. The number of benzene rings is 1. The maximum absolute atomic E-state index is 5.60. The molecular weight excluding hydrogens is 234 g/mol. The molecule has 1 aliphatic rings. The third-order valence-electron chi connectivity index (χ3n) is 4.09. The molecule has 1 aromatic rings. The van der Waals surface area contributed by atoms with Gasteiger partial charge in [-0.15, -0.1) is 0 Å². The topological polar surface area (TPSA) is 21.3 Å². The van der Waals surface area contributed by atoms with Crippen molar-refractivity contribution in [3.63, 3.8) is 0 Å². The van der Waals surface area contributed by atoms with Gasteiger partial charge < -0.3 is 10.1 Å². The summed E-state index contributed by atoms with van der Waals surface area (Å²) in [4.78, 5) is 0. The molecule has 2 heteroatoms. The van der Waals surface area contributed by atoms with Crippen molar-refractivity contribution >= 4 is 0 Å². The van der Waals surface area contributed by atoms with Gasteiger partial charge in [0.05, 0.1) is 6.10 Å². The number of nitrogens with one attached hydrogen (secondary N) is 1. The predicted octanol–water partition coefficient (Wildman–Crippen LogP) is 4.03. The van der Waals surface area contributed by atoms with Gasteiger partial charge in [-0.1, -0.05) is 38.1 Å². The Hall–Kier alpha value is -0.860. The molecule has 2 rings (SSSR count). The van der Waals surface area contributed by atoms with E-state index in [4.69, 9.17) is 4.74 Å². The fourth-order valence-corrected chi connectivity index (χ4v) is 2.69. The molecule has 0 heterocycles. The van der Waals surface area contributed by atoms with Crippen molar-refractivity contribution in [1.29, 1.82) is 0 Å². The third-order valence-corrected chi connectivity index (χ3v) is 4.09. The molecule has 2 nitrogen and oxygen atoms in total. The van der Waals surface area contributed by atoms with Crippen LogP contribution in [0, 0.1) is 0 Å². The molecule has 0 aliphatic heterocycles. The van der Waals surface area contributed by atoms with E-state index in [1.807, 2.05) is 0 Å². The highest BCUT2D eigenvalue weighted by molar-refractivity contribution is 5.26. The zero-order valence-corrected chi connectivity index (χ0v) is 12.6. The van der Waals surface area contributed by atoms with E-state index in [2.05, 4.69) is 57.3 Å². The zero-order valence-electron chi connectivity index (χ0n) is 12.6. The quantitative estimate of drug-likeness (QED) is 0.835. The van der Waals surface area contributed by atoms with Crippen molar-refractivity contribution in [3.8, 4) is 0 Å². The normalized spacial score (nSPS) is 24.3. The van der Waals surface area contributed by atoms with Crippen molar-refractivity contribution < 1.29 is 4.74 Å². The van der Waals surface area contributed by atoms with Crippen LogP contribution >= 0.6 is 0 Å². The Morgan fingerprint density at radius 2 is 1.68 bits per heavy atom. The van der Waals surface area contributed by atoms with Gasteiger partial charge in [-0.2, -0.15) is 0 Å². The molecule has 1 aliphatic carbocycles. The standard InChI is InChI=1S/C17H27NO/c1-5-19-17-10-16(11-17)18-13(4)15-8-6-14(7-9-15)12(2)3/h6-9,12-13,16-18H,5,10-11H2,1-4H3. The fraction of sp³-hybridized carbons (Fsp3) is 0.647. The van der Waals surface area contributed by atoms with Crippen LogP contribution in [0.15, 0.2) is 24.3 Å². The predicted molar refractivity (Wildman–Crippen MR) is 80.5 cm³/mol. The molecule has 1 N–H and O–H groups in total. The summed E-state index contributed by atoms with van der Waals surface area (Å²) in [6.45, 7) is 9.62. The van der Waals surface area contributed by atoms with E-state index in [-0.39, 0.29) is 0 Å². The average molecular weight is 261 g/mol. The lowest BCUT2D eigenvalue weighted by Crippen LogP contribution is -2.46. The molecule has 1 fully saturated rings. The van der Waals surface area contributed by atoms with E-state index in [1.165, 1.54) is 11.1 Å². The summed E-state index contributed by atoms with van der Waals surface area (Å²) in [6.07, 6.45) is 2.79. The molecule has 0 spiro atoms. The van der Waals surface area contributed by atoms with Gasteiger partial charge in [0.15, 0.2) is 0 Å². The van der Waals surface area contributed by atoms with Gasteiger partial charge in [-0.05, 0) is 43.7 Å². The summed E-state index contributed by atoms with van der Waals surface area (Å²) in [5, 5.41) is 3.69. The van der Waals surface area contributed by atoms with Crippen LogP contribution in [-0.4, -0.2) is 18.8 Å². The Morgan fingerprint density at radius 3 is 2.21 bits per heavy atom. The Morgan fingerprint density at radius 1 is 1.11 bits per heavy atom. The summed E-state index contributed by atoms with van der Waals surface area (Å²) in [6, 6.07) is 10.1. The van der Waals surface area contributed by atoms with Crippen LogP contribution in [0.25, 0.3) is 0 Å². The Bertz CT molecular complexity index is 379. The molecule has 0 amide bonds. The molecule has 1 aromatic carbocycles. The first-order valence-corrected chi connectivity index (χ1v) is 7.57. The Balaban J connectivity index is 1.82. The maximum Gasteiger partial charge on any atom is 0.0604 e. The summed E-state index contributed by atoms with van der Waals surface area (Å²) in [5.74, 6) is 0.607. The van der Waals surface area contributed by atoms with Gasteiger partial charge in [0.2, 0.25) is 0 Å². The molecule has 0 saturated heterocycles. The van der Waals surface area contributed by atoms with Crippen LogP contribution < -0.4 is 5.32 Å². The Labute approximate surface area is 117 Å². The van der Waals surface area contributed by atoms with E-state index < -0.39 is 0 Å².